The van der Waals surface area contributed by atoms with Crippen molar-refractivity contribution in [2.45, 2.75) is 32.5 Å². The van der Waals surface area contributed by atoms with Crippen molar-refractivity contribution >= 4 is 43.4 Å². The van der Waals surface area contributed by atoms with E-state index in [0.717, 1.165) is 59.0 Å². The average molecular weight is 371 g/mol. The fraction of sp³-hybridized carbons (Fsp3) is 0.500. The fourth-order valence-electron chi connectivity index (χ4n) is 3.84. The van der Waals surface area contributed by atoms with Gasteiger partial charge in [-0.15, -0.1) is 11.3 Å². The van der Waals surface area contributed by atoms with Crippen LogP contribution in [0.2, 0.25) is 0 Å². The van der Waals surface area contributed by atoms with Crippen molar-refractivity contribution < 1.29 is 9.47 Å². The second-order valence-corrected chi connectivity index (χ2v) is 8.44. The number of nitrogen functional groups attached to an aromatic ring is 1. The molecule has 26 heavy (non-hydrogen) atoms. The quantitative estimate of drug-likeness (QED) is 0.703. The maximum Gasteiger partial charge on any atom is 0.144 e. The van der Waals surface area contributed by atoms with Crippen molar-refractivity contribution in [2.24, 2.45) is 0 Å². The van der Waals surface area contributed by atoms with E-state index >= 15 is 0 Å². The first kappa shape index (κ1) is 16.2. The maximum atomic E-state index is 6.15. The molecular formula is C18H21N5O2S. The lowest BCUT2D eigenvalue weighted by Gasteiger charge is -2.36. The summed E-state index contributed by atoms with van der Waals surface area (Å²) in [6.45, 7) is 8.02. The molecule has 3 aromatic heterocycles. The lowest BCUT2D eigenvalue weighted by molar-refractivity contribution is -0.0393. The zero-order chi connectivity index (χ0) is 17.9. The number of pyridine rings is 1. The molecule has 0 aliphatic carbocycles. The van der Waals surface area contributed by atoms with Gasteiger partial charge in [-0.3, -0.25) is 0 Å². The van der Waals surface area contributed by atoms with E-state index in [4.69, 9.17) is 20.2 Å². The van der Waals surface area contributed by atoms with E-state index in [-0.39, 0.29) is 5.60 Å². The Balaban J connectivity index is 1.81. The van der Waals surface area contributed by atoms with E-state index in [1.165, 1.54) is 17.5 Å². The topological polar surface area (TPSA) is 86.4 Å². The molecule has 1 fully saturated rings. The van der Waals surface area contributed by atoms with Gasteiger partial charge in [-0.05, 0) is 19.4 Å². The Morgan fingerprint density at radius 1 is 1.19 bits per heavy atom. The number of ether oxygens (including phenoxy) is 2. The summed E-state index contributed by atoms with van der Waals surface area (Å²) >= 11 is 1.56. The number of nitrogens with zero attached hydrogens (tertiary/aromatic N) is 4. The second kappa shape index (κ2) is 5.73. The molecule has 0 saturated carbocycles. The summed E-state index contributed by atoms with van der Waals surface area (Å²) in [7, 11) is 0. The summed E-state index contributed by atoms with van der Waals surface area (Å²) in [5.41, 5.74) is 9.24. The molecule has 2 N–H and O–H groups in total. The monoisotopic (exact) mass is 371 g/mol. The summed E-state index contributed by atoms with van der Waals surface area (Å²) in [5.74, 6) is 1.57. The van der Waals surface area contributed by atoms with Crippen molar-refractivity contribution in [3.05, 3.63) is 17.5 Å². The van der Waals surface area contributed by atoms with Crippen molar-refractivity contribution in [2.75, 3.05) is 36.9 Å². The highest BCUT2D eigenvalue weighted by Gasteiger charge is 2.33. The van der Waals surface area contributed by atoms with Crippen LogP contribution in [0.15, 0.2) is 6.33 Å². The predicted octanol–water partition coefficient (Wildman–Crippen LogP) is 2.51. The molecule has 0 atom stereocenters. The molecule has 8 heteroatoms. The molecule has 5 rings (SSSR count). The molecular weight excluding hydrogens is 350 g/mol. The number of hydrogen-bond acceptors (Lipinski definition) is 8. The maximum absolute atomic E-state index is 6.15. The average Bonchev–Trinajstić information content (AvgIpc) is 3.01. The van der Waals surface area contributed by atoms with E-state index in [2.05, 4.69) is 28.7 Å². The Morgan fingerprint density at radius 3 is 2.81 bits per heavy atom. The Morgan fingerprint density at radius 2 is 2.00 bits per heavy atom. The highest BCUT2D eigenvalue weighted by molar-refractivity contribution is 7.26. The van der Waals surface area contributed by atoms with Gasteiger partial charge in [0.25, 0.3) is 0 Å². The number of anilines is 2. The van der Waals surface area contributed by atoms with Crippen molar-refractivity contribution in [3.63, 3.8) is 0 Å². The molecule has 0 radical (unpaired) electrons. The standard InChI is InChI=1S/C18H21N5O2S/c1-18(2)7-10-11(8-25-18)12-13-14(15(19)21-9-20-13)26-17(12)22-16(10)23-3-5-24-6-4-23/h9H,3-8H2,1-2H3,(H2,19,20,21). The zero-order valence-electron chi connectivity index (χ0n) is 14.9. The van der Waals surface area contributed by atoms with Crippen molar-refractivity contribution in [1.82, 2.24) is 15.0 Å². The third-order valence-corrected chi connectivity index (χ3v) is 6.24. The Labute approximate surface area is 155 Å². The summed E-state index contributed by atoms with van der Waals surface area (Å²) in [4.78, 5) is 17.0. The van der Waals surface area contributed by atoms with Crippen LogP contribution in [-0.4, -0.2) is 46.9 Å². The summed E-state index contributed by atoms with van der Waals surface area (Å²) in [6.07, 6.45) is 2.36. The lowest BCUT2D eigenvalue weighted by Crippen LogP contribution is -2.39. The zero-order valence-corrected chi connectivity index (χ0v) is 15.7. The Hall–Kier alpha value is -2.03. The third-order valence-electron chi connectivity index (χ3n) is 5.14. The first-order valence-electron chi connectivity index (χ1n) is 8.84. The van der Waals surface area contributed by atoms with Gasteiger partial charge in [0, 0.05) is 30.5 Å². The van der Waals surface area contributed by atoms with E-state index in [1.54, 1.807) is 11.3 Å². The largest absolute Gasteiger partial charge is 0.382 e. The molecule has 0 aromatic carbocycles. The van der Waals surface area contributed by atoms with Crippen LogP contribution in [0.4, 0.5) is 11.6 Å². The number of morpholine rings is 1. The van der Waals surface area contributed by atoms with E-state index in [9.17, 15) is 0 Å². The third kappa shape index (κ3) is 2.44. The summed E-state index contributed by atoms with van der Waals surface area (Å²) in [6, 6.07) is 0. The normalized spacial score (nSPS) is 19.8. The molecule has 5 heterocycles. The molecule has 2 aliphatic heterocycles. The molecule has 3 aromatic rings. The van der Waals surface area contributed by atoms with Crippen LogP contribution in [0, 0.1) is 0 Å². The molecule has 0 spiro atoms. The molecule has 0 amide bonds. The number of hydrogen-bond donors (Lipinski definition) is 1. The predicted molar refractivity (Wildman–Crippen MR) is 103 cm³/mol. The van der Waals surface area contributed by atoms with Crippen LogP contribution in [0.25, 0.3) is 20.4 Å². The van der Waals surface area contributed by atoms with Crippen LogP contribution in [-0.2, 0) is 22.5 Å². The minimum Gasteiger partial charge on any atom is -0.382 e. The van der Waals surface area contributed by atoms with Gasteiger partial charge in [-0.1, -0.05) is 0 Å². The fourth-order valence-corrected chi connectivity index (χ4v) is 4.90. The molecule has 0 bridgehead atoms. The van der Waals surface area contributed by atoms with Crippen molar-refractivity contribution in [3.8, 4) is 0 Å². The molecule has 7 nitrogen and oxygen atoms in total. The number of fused-ring (bicyclic) bond motifs is 5. The van der Waals surface area contributed by atoms with Gasteiger partial charge in [-0.25, -0.2) is 15.0 Å². The summed E-state index contributed by atoms with van der Waals surface area (Å²) < 4.78 is 12.6. The minimum atomic E-state index is -0.205. The van der Waals surface area contributed by atoms with Gasteiger partial charge in [0.1, 0.15) is 22.8 Å². The molecule has 1 saturated heterocycles. The van der Waals surface area contributed by atoms with E-state index < -0.39 is 0 Å². The number of thiophene rings is 1. The Bertz CT molecular complexity index is 1010. The smallest absolute Gasteiger partial charge is 0.144 e. The van der Waals surface area contributed by atoms with E-state index in [1.807, 2.05) is 0 Å². The molecule has 136 valence electrons. The SMILES string of the molecule is CC1(C)Cc2c(N3CCOCC3)nc3sc4c(N)ncnc4c3c2CO1. The van der Waals surface area contributed by atoms with Gasteiger partial charge in [0.15, 0.2) is 0 Å². The van der Waals surface area contributed by atoms with Gasteiger partial charge < -0.3 is 20.1 Å². The Kier molecular flexibility index (Phi) is 3.57. The summed E-state index contributed by atoms with van der Waals surface area (Å²) in [5, 5.41) is 1.07. The van der Waals surface area contributed by atoms with E-state index in [0.29, 0.717) is 12.4 Å². The highest BCUT2D eigenvalue weighted by Crippen LogP contribution is 2.43. The van der Waals surface area contributed by atoms with Crippen LogP contribution in [0.1, 0.15) is 25.0 Å². The molecule has 2 aliphatic rings. The van der Waals surface area contributed by atoms with Crippen LogP contribution < -0.4 is 10.6 Å². The minimum absolute atomic E-state index is 0.205. The second-order valence-electron chi connectivity index (χ2n) is 7.44. The lowest BCUT2D eigenvalue weighted by atomic mass is 9.90. The number of nitrogens with two attached hydrogens (primary N) is 1. The van der Waals surface area contributed by atoms with Gasteiger partial charge in [0.2, 0.25) is 0 Å². The van der Waals surface area contributed by atoms with Crippen LogP contribution in [0.3, 0.4) is 0 Å². The van der Waals surface area contributed by atoms with Crippen LogP contribution >= 0.6 is 11.3 Å². The van der Waals surface area contributed by atoms with Gasteiger partial charge >= 0.3 is 0 Å². The number of rotatable bonds is 1. The van der Waals surface area contributed by atoms with Crippen molar-refractivity contribution in [1.29, 1.82) is 0 Å². The van der Waals surface area contributed by atoms with Gasteiger partial charge in [-0.2, -0.15) is 0 Å². The molecule has 0 unspecified atom stereocenters. The number of aromatic nitrogens is 3. The first-order valence-corrected chi connectivity index (χ1v) is 9.66. The van der Waals surface area contributed by atoms with Crippen LogP contribution in [0.5, 0.6) is 0 Å². The first-order chi connectivity index (χ1) is 12.5. The van der Waals surface area contributed by atoms with Gasteiger partial charge in [0.05, 0.1) is 35.6 Å². The highest BCUT2D eigenvalue weighted by atomic mass is 32.1.